The van der Waals surface area contributed by atoms with E-state index in [1.807, 2.05) is 38.4 Å². The summed E-state index contributed by atoms with van der Waals surface area (Å²) in [6, 6.07) is 5.43. The van der Waals surface area contributed by atoms with E-state index in [9.17, 15) is 9.59 Å². The van der Waals surface area contributed by atoms with Gasteiger partial charge in [-0.15, -0.1) is 0 Å². The molecule has 0 bridgehead atoms. The van der Waals surface area contributed by atoms with Crippen LogP contribution in [-0.4, -0.2) is 28.3 Å². The molecule has 2 aromatic rings. The number of aromatic nitrogens is 2. The van der Waals surface area contributed by atoms with Crippen LogP contribution in [-0.2, 0) is 24.7 Å². The molecule has 3 N–H and O–H groups in total. The molecule has 0 unspecified atom stereocenters. The van der Waals surface area contributed by atoms with Gasteiger partial charge in [0, 0.05) is 25.5 Å². The Morgan fingerprint density at radius 1 is 1.46 bits per heavy atom. The van der Waals surface area contributed by atoms with Gasteiger partial charge in [-0.2, -0.15) is 5.10 Å². The minimum atomic E-state index is -0.207. The highest BCUT2D eigenvalue weighted by molar-refractivity contribution is 5.99. The molecule has 1 atom stereocenters. The number of carbonyl (C=O) groups excluding carboxylic acids is 2. The zero-order valence-corrected chi connectivity index (χ0v) is 13.8. The second-order valence-electron chi connectivity index (χ2n) is 6.04. The number of hydrogen-bond donors (Lipinski definition) is 3. The number of hydrogen-bond acceptors (Lipinski definition) is 3. The summed E-state index contributed by atoms with van der Waals surface area (Å²) >= 11 is 0. The molecular formula is C17H21N5O2. The van der Waals surface area contributed by atoms with Crippen LogP contribution in [0.2, 0.25) is 0 Å². The van der Waals surface area contributed by atoms with E-state index in [0.29, 0.717) is 13.0 Å². The van der Waals surface area contributed by atoms with Crippen LogP contribution in [0.3, 0.4) is 0 Å². The van der Waals surface area contributed by atoms with Crippen molar-refractivity contribution < 1.29 is 9.59 Å². The zero-order chi connectivity index (χ0) is 17.1. The van der Waals surface area contributed by atoms with Crippen LogP contribution < -0.4 is 16.0 Å². The van der Waals surface area contributed by atoms with Gasteiger partial charge in [0.25, 0.3) is 0 Å². The number of urea groups is 1. The molecule has 3 amide bonds. The van der Waals surface area contributed by atoms with Crippen molar-refractivity contribution in [3.63, 3.8) is 0 Å². The summed E-state index contributed by atoms with van der Waals surface area (Å²) in [4.78, 5) is 23.4. The van der Waals surface area contributed by atoms with Crippen LogP contribution in [0.25, 0.3) is 0 Å². The molecule has 0 saturated carbocycles. The van der Waals surface area contributed by atoms with Crippen LogP contribution >= 0.6 is 0 Å². The molecule has 0 fully saturated rings. The Kier molecular flexibility index (Phi) is 4.50. The van der Waals surface area contributed by atoms with Crippen molar-refractivity contribution in [1.82, 2.24) is 20.4 Å². The van der Waals surface area contributed by atoms with Crippen molar-refractivity contribution in [1.29, 1.82) is 0 Å². The van der Waals surface area contributed by atoms with E-state index in [1.54, 1.807) is 10.9 Å². The molecule has 0 aliphatic carbocycles. The van der Waals surface area contributed by atoms with E-state index in [1.165, 1.54) is 0 Å². The molecule has 1 aromatic heterocycles. The highest BCUT2D eigenvalue weighted by atomic mass is 16.2. The summed E-state index contributed by atoms with van der Waals surface area (Å²) < 4.78 is 1.74. The Morgan fingerprint density at radius 2 is 2.29 bits per heavy atom. The Hall–Kier alpha value is -2.83. The quantitative estimate of drug-likeness (QED) is 0.778. The normalized spacial score (nSPS) is 14.0. The van der Waals surface area contributed by atoms with E-state index in [-0.39, 0.29) is 18.0 Å². The summed E-state index contributed by atoms with van der Waals surface area (Å²) in [6.07, 6.45) is 4.86. The average Bonchev–Trinajstić information content (AvgIpc) is 3.10. The van der Waals surface area contributed by atoms with Crippen molar-refractivity contribution in [2.45, 2.75) is 25.8 Å². The smallest absolute Gasteiger partial charge is 0.315 e. The number of amides is 3. The van der Waals surface area contributed by atoms with Gasteiger partial charge in [-0.3, -0.25) is 9.48 Å². The molecular weight excluding hydrogens is 306 g/mol. The predicted molar refractivity (Wildman–Crippen MR) is 90.6 cm³/mol. The molecule has 1 aromatic carbocycles. The number of fused-ring (bicyclic) bond motifs is 1. The number of rotatable bonds is 5. The molecule has 1 aliphatic heterocycles. The molecule has 1 aliphatic rings. The Labute approximate surface area is 140 Å². The Bertz CT molecular complexity index is 768. The first-order chi connectivity index (χ1) is 11.5. The number of benzene rings is 1. The van der Waals surface area contributed by atoms with Gasteiger partial charge in [0.05, 0.1) is 18.7 Å². The number of nitrogens with one attached hydrogen (secondary N) is 3. The van der Waals surface area contributed by atoms with E-state index < -0.39 is 0 Å². The lowest BCUT2D eigenvalue weighted by Crippen LogP contribution is -2.38. The molecule has 126 valence electrons. The average molecular weight is 327 g/mol. The largest absolute Gasteiger partial charge is 0.338 e. The summed E-state index contributed by atoms with van der Waals surface area (Å²) in [5.74, 6) is 0.0101. The van der Waals surface area contributed by atoms with Crippen LogP contribution in [0.1, 0.15) is 29.7 Å². The van der Waals surface area contributed by atoms with E-state index in [2.05, 4.69) is 21.0 Å². The predicted octanol–water partition coefficient (Wildman–Crippen LogP) is 1.52. The number of nitrogens with zero attached hydrogens (tertiary/aromatic N) is 2. The minimum Gasteiger partial charge on any atom is -0.338 e. The minimum absolute atomic E-state index is 0.0101. The summed E-state index contributed by atoms with van der Waals surface area (Å²) in [5, 5.41) is 12.7. The van der Waals surface area contributed by atoms with Crippen molar-refractivity contribution in [2.24, 2.45) is 7.05 Å². The summed E-state index contributed by atoms with van der Waals surface area (Å²) in [7, 11) is 1.87. The molecule has 7 heteroatoms. The second-order valence-corrected chi connectivity index (χ2v) is 6.04. The van der Waals surface area contributed by atoms with Gasteiger partial charge in [-0.1, -0.05) is 12.1 Å². The van der Waals surface area contributed by atoms with Crippen LogP contribution in [0.4, 0.5) is 10.5 Å². The molecule has 0 spiro atoms. The monoisotopic (exact) mass is 327 g/mol. The maximum atomic E-state index is 12.0. The van der Waals surface area contributed by atoms with E-state index in [4.69, 9.17) is 0 Å². The molecule has 2 heterocycles. The first kappa shape index (κ1) is 16.0. The molecule has 7 nitrogen and oxygen atoms in total. The maximum absolute atomic E-state index is 12.0. The fraction of sp³-hybridized carbons (Fsp3) is 0.353. The van der Waals surface area contributed by atoms with Crippen molar-refractivity contribution in [3.05, 3.63) is 47.3 Å². The van der Waals surface area contributed by atoms with Crippen molar-refractivity contribution in [2.75, 3.05) is 11.9 Å². The highest BCUT2D eigenvalue weighted by Gasteiger charge is 2.19. The van der Waals surface area contributed by atoms with Crippen LogP contribution in [0.5, 0.6) is 0 Å². The summed E-state index contributed by atoms with van der Waals surface area (Å²) in [5.41, 5.74) is 3.90. The SMILES string of the molecule is C[C@@H](NC(=O)NCCc1cnn(C)c1)c1ccc2c(c1)CC(=O)N2. The van der Waals surface area contributed by atoms with E-state index in [0.717, 1.165) is 28.8 Å². The molecule has 24 heavy (non-hydrogen) atoms. The third kappa shape index (κ3) is 3.73. The van der Waals surface area contributed by atoms with Gasteiger partial charge in [-0.05, 0) is 36.1 Å². The van der Waals surface area contributed by atoms with Crippen LogP contribution in [0.15, 0.2) is 30.6 Å². The van der Waals surface area contributed by atoms with Crippen molar-refractivity contribution in [3.8, 4) is 0 Å². The molecule has 3 rings (SSSR count). The molecule has 0 saturated heterocycles. The van der Waals surface area contributed by atoms with Gasteiger partial charge in [0.2, 0.25) is 5.91 Å². The second kappa shape index (κ2) is 6.74. The van der Waals surface area contributed by atoms with Gasteiger partial charge >= 0.3 is 6.03 Å². The number of aryl methyl sites for hydroxylation is 1. The standard InChI is InChI=1S/C17H21N5O2/c1-11(13-3-4-15-14(7-13)8-16(23)21-15)20-17(24)18-6-5-12-9-19-22(2)10-12/h3-4,7,9-11H,5-6,8H2,1-2H3,(H,21,23)(H2,18,20,24)/t11-/m1/s1. The maximum Gasteiger partial charge on any atom is 0.315 e. The number of anilines is 1. The fourth-order valence-electron chi connectivity index (χ4n) is 2.77. The van der Waals surface area contributed by atoms with Gasteiger partial charge in [-0.25, -0.2) is 4.79 Å². The Balaban J connectivity index is 1.49. The lowest BCUT2D eigenvalue weighted by Gasteiger charge is -2.16. The number of carbonyl (C=O) groups is 2. The third-order valence-electron chi connectivity index (χ3n) is 4.06. The first-order valence-corrected chi connectivity index (χ1v) is 7.96. The molecule has 0 radical (unpaired) electrons. The van der Waals surface area contributed by atoms with Crippen molar-refractivity contribution >= 4 is 17.6 Å². The third-order valence-corrected chi connectivity index (χ3v) is 4.06. The highest BCUT2D eigenvalue weighted by Crippen LogP contribution is 2.26. The fourth-order valence-corrected chi connectivity index (χ4v) is 2.77. The Morgan fingerprint density at radius 3 is 3.04 bits per heavy atom. The van der Waals surface area contributed by atoms with E-state index >= 15 is 0 Å². The van der Waals surface area contributed by atoms with Crippen LogP contribution in [0, 0.1) is 0 Å². The topological polar surface area (TPSA) is 88.1 Å². The van der Waals surface area contributed by atoms with Gasteiger partial charge in [0.1, 0.15) is 0 Å². The lowest BCUT2D eigenvalue weighted by atomic mass is 10.0. The van der Waals surface area contributed by atoms with Gasteiger partial charge in [0.15, 0.2) is 0 Å². The zero-order valence-electron chi connectivity index (χ0n) is 13.8. The lowest BCUT2D eigenvalue weighted by molar-refractivity contribution is -0.115. The summed E-state index contributed by atoms with van der Waals surface area (Å²) in [6.45, 7) is 2.47. The first-order valence-electron chi connectivity index (χ1n) is 7.96. The van der Waals surface area contributed by atoms with Gasteiger partial charge < -0.3 is 16.0 Å².